The Morgan fingerprint density at radius 1 is 1.67 bits per heavy atom. The minimum Gasteiger partial charge on any atom is -0.271 e. The fourth-order valence-electron chi connectivity index (χ4n) is 2.65. The van der Waals surface area contributed by atoms with E-state index in [4.69, 9.17) is 5.84 Å². The Bertz CT molecular complexity index is 308. The number of hydrazine groups is 1. The maximum Gasteiger partial charge on any atom is 0.0279 e. The lowest BCUT2D eigenvalue weighted by molar-refractivity contribution is 0.377. The van der Waals surface area contributed by atoms with E-state index in [9.17, 15) is 0 Å². The molecule has 0 aliphatic heterocycles. The second kappa shape index (κ2) is 5.10. The van der Waals surface area contributed by atoms with Gasteiger partial charge in [0, 0.05) is 16.8 Å². The average molecular weight is 224 g/mol. The van der Waals surface area contributed by atoms with Crippen LogP contribution in [0.4, 0.5) is 0 Å². The Morgan fingerprint density at radius 2 is 2.53 bits per heavy atom. The molecule has 1 aliphatic carbocycles. The summed E-state index contributed by atoms with van der Waals surface area (Å²) in [5.74, 6) is 6.31. The molecule has 1 heterocycles. The van der Waals surface area contributed by atoms with Crippen LogP contribution in [-0.2, 0) is 6.42 Å². The summed E-state index contributed by atoms with van der Waals surface area (Å²) >= 11 is 1.91. The highest BCUT2D eigenvalue weighted by Gasteiger charge is 2.27. The molecular weight excluding hydrogens is 204 g/mol. The van der Waals surface area contributed by atoms with Crippen molar-refractivity contribution in [3.63, 3.8) is 0 Å². The molecule has 0 bridgehead atoms. The standard InChI is InChI=1S/C12H20N2S/c1-2-4-11(14-13)9-5-3-6-12-10(9)7-8-15-12/h7-9,11,14H,2-6,13H2,1H3. The summed E-state index contributed by atoms with van der Waals surface area (Å²) in [7, 11) is 0. The lowest BCUT2D eigenvalue weighted by Crippen LogP contribution is -2.40. The molecular formula is C12H20N2S. The van der Waals surface area contributed by atoms with Crippen molar-refractivity contribution >= 4 is 11.3 Å². The predicted octanol–water partition coefficient (Wildman–Crippen LogP) is 2.80. The van der Waals surface area contributed by atoms with Gasteiger partial charge in [-0.05, 0) is 42.7 Å². The number of hydrogen-bond donors (Lipinski definition) is 2. The molecule has 84 valence electrons. The number of nitrogens with two attached hydrogens (primary N) is 1. The lowest BCUT2D eigenvalue weighted by Gasteiger charge is -2.30. The van der Waals surface area contributed by atoms with Crippen molar-refractivity contribution in [1.29, 1.82) is 0 Å². The molecule has 0 saturated heterocycles. The molecule has 3 heteroatoms. The fourth-order valence-corrected chi connectivity index (χ4v) is 3.65. The van der Waals surface area contributed by atoms with Crippen molar-refractivity contribution in [3.05, 3.63) is 21.9 Å². The third-order valence-electron chi connectivity index (χ3n) is 3.40. The maximum absolute atomic E-state index is 5.67. The summed E-state index contributed by atoms with van der Waals surface area (Å²) in [6.45, 7) is 2.22. The summed E-state index contributed by atoms with van der Waals surface area (Å²) in [6.07, 6.45) is 6.26. The van der Waals surface area contributed by atoms with Gasteiger partial charge in [0.2, 0.25) is 0 Å². The Labute approximate surface area is 95.8 Å². The van der Waals surface area contributed by atoms with Gasteiger partial charge < -0.3 is 0 Å². The van der Waals surface area contributed by atoms with Gasteiger partial charge in [-0.3, -0.25) is 11.3 Å². The van der Waals surface area contributed by atoms with Crippen molar-refractivity contribution in [3.8, 4) is 0 Å². The molecule has 0 radical (unpaired) electrons. The summed E-state index contributed by atoms with van der Waals surface area (Å²) < 4.78 is 0. The van der Waals surface area contributed by atoms with E-state index in [1.165, 1.54) is 32.1 Å². The van der Waals surface area contributed by atoms with E-state index in [0.29, 0.717) is 12.0 Å². The smallest absolute Gasteiger partial charge is 0.0279 e. The van der Waals surface area contributed by atoms with Crippen molar-refractivity contribution in [2.24, 2.45) is 5.84 Å². The number of fused-ring (bicyclic) bond motifs is 1. The van der Waals surface area contributed by atoms with E-state index in [0.717, 1.165) is 0 Å². The SMILES string of the molecule is CCCC(NN)C1CCCc2sccc21. The quantitative estimate of drug-likeness (QED) is 0.609. The predicted molar refractivity (Wildman–Crippen MR) is 66.0 cm³/mol. The van der Waals surface area contributed by atoms with Crippen LogP contribution in [0.3, 0.4) is 0 Å². The van der Waals surface area contributed by atoms with Gasteiger partial charge in [-0.15, -0.1) is 11.3 Å². The number of rotatable bonds is 4. The largest absolute Gasteiger partial charge is 0.271 e. The van der Waals surface area contributed by atoms with Gasteiger partial charge in [0.1, 0.15) is 0 Å². The zero-order valence-corrected chi connectivity index (χ0v) is 10.1. The second-order valence-corrected chi connectivity index (χ2v) is 5.36. The zero-order chi connectivity index (χ0) is 10.7. The molecule has 0 aromatic carbocycles. The number of nitrogens with one attached hydrogen (secondary N) is 1. The Balaban J connectivity index is 2.16. The Hall–Kier alpha value is -0.380. The van der Waals surface area contributed by atoms with E-state index in [1.54, 1.807) is 10.4 Å². The topological polar surface area (TPSA) is 38.0 Å². The molecule has 0 saturated carbocycles. The van der Waals surface area contributed by atoms with Gasteiger partial charge in [-0.2, -0.15) is 0 Å². The first-order chi connectivity index (χ1) is 7.36. The Kier molecular flexibility index (Phi) is 3.78. The van der Waals surface area contributed by atoms with Crippen molar-refractivity contribution in [2.45, 2.75) is 51.0 Å². The first-order valence-corrected chi connectivity index (χ1v) is 6.77. The van der Waals surface area contributed by atoms with Crippen LogP contribution in [0.15, 0.2) is 11.4 Å². The van der Waals surface area contributed by atoms with Crippen LogP contribution in [0.25, 0.3) is 0 Å². The minimum atomic E-state index is 0.462. The molecule has 0 spiro atoms. The number of hydrogen-bond acceptors (Lipinski definition) is 3. The third kappa shape index (κ3) is 2.25. The molecule has 2 nitrogen and oxygen atoms in total. The van der Waals surface area contributed by atoms with Crippen LogP contribution >= 0.6 is 11.3 Å². The molecule has 1 aromatic rings. The molecule has 15 heavy (non-hydrogen) atoms. The Morgan fingerprint density at radius 3 is 3.27 bits per heavy atom. The monoisotopic (exact) mass is 224 g/mol. The zero-order valence-electron chi connectivity index (χ0n) is 9.33. The van der Waals surface area contributed by atoms with Crippen LogP contribution in [0, 0.1) is 0 Å². The summed E-state index contributed by atoms with van der Waals surface area (Å²) in [4.78, 5) is 1.59. The fraction of sp³-hybridized carbons (Fsp3) is 0.667. The van der Waals surface area contributed by atoms with E-state index in [1.807, 2.05) is 11.3 Å². The molecule has 2 unspecified atom stereocenters. The van der Waals surface area contributed by atoms with E-state index in [2.05, 4.69) is 23.8 Å². The lowest BCUT2D eigenvalue weighted by atomic mass is 9.81. The van der Waals surface area contributed by atoms with Crippen molar-refractivity contribution in [1.82, 2.24) is 5.43 Å². The van der Waals surface area contributed by atoms with Crippen LogP contribution in [0.2, 0.25) is 0 Å². The normalized spacial score (nSPS) is 22.4. The molecule has 1 aliphatic rings. The average Bonchev–Trinajstić information content (AvgIpc) is 2.73. The van der Waals surface area contributed by atoms with E-state index < -0.39 is 0 Å². The van der Waals surface area contributed by atoms with Crippen molar-refractivity contribution < 1.29 is 0 Å². The molecule has 0 amide bonds. The van der Waals surface area contributed by atoms with E-state index in [-0.39, 0.29) is 0 Å². The van der Waals surface area contributed by atoms with Gasteiger partial charge >= 0.3 is 0 Å². The number of aryl methyl sites for hydroxylation is 1. The highest BCUT2D eigenvalue weighted by atomic mass is 32.1. The van der Waals surface area contributed by atoms with Crippen LogP contribution in [0.5, 0.6) is 0 Å². The van der Waals surface area contributed by atoms with Crippen LogP contribution < -0.4 is 11.3 Å². The number of thiophene rings is 1. The minimum absolute atomic E-state index is 0.462. The molecule has 2 rings (SSSR count). The summed E-state index contributed by atoms with van der Waals surface area (Å²) in [6, 6.07) is 2.76. The highest BCUT2D eigenvalue weighted by molar-refractivity contribution is 7.10. The highest BCUT2D eigenvalue weighted by Crippen LogP contribution is 2.37. The maximum atomic E-state index is 5.67. The summed E-state index contributed by atoms with van der Waals surface area (Å²) in [5.41, 5.74) is 4.57. The van der Waals surface area contributed by atoms with Crippen LogP contribution in [-0.4, -0.2) is 6.04 Å². The van der Waals surface area contributed by atoms with Gasteiger partial charge in [0.15, 0.2) is 0 Å². The van der Waals surface area contributed by atoms with Gasteiger partial charge in [0.25, 0.3) is 0 Å². The third-order valence-corrected chi connectivity index (χ3v) is 4.39. The second-order valence-electron chi connectivity index (χ2n) is 4.36. The first-order valence-electron chi connectivity index (χ1n) is 5.89. The van der Waals surface area contributed by atoms with Gasteiger partial charge in [0.05, 0.1) is 0 Å². The molecule has 3 N–H and O–H groups in total. The van der Waals surface area contributed by atoms with Crippen LogP contribution in [0.1, 0.15) is 49.0 Å². The van der Waals surface area contributed by atoms with E-state index >= 15 is 0 Å². The first kappa shape index (κ1) is 11.1. The van der Waals surface area contributed by atoms with Gasteiger partial charge in [-0.1, -0.05) is 13.3 Å². The van der Waals surface area contributed by atoms with Gasteiger partial charge in [-0.25, -0.2) is 0 Å². The molecule has 2 atom stereocenters. The van der Waals surface area contributed by atoms with Crippen molar-refractivity contribution in [2.75, 3.05) is 0 Å². The summed E-state index contributed by atoms with van der Waals surface area (Å²) in [5, 5.41) is 2.22. The molecule has 0 fully saturated rings. The molecule has 1 aromatic heterocycles.